The van der Waals surface area contributed by atoms with Crippen LogP contribution in [0.4, 0.5) is 0 Å². The molecule has 6 aromatic carbocycles. The summed E-state index contributed by atoms with van der Waals surface area (Å²) in [5, 5.41) is 18.6. The Morgan fingerprint density at radius 1 is 0.558 bits per heavy atom. The lowest BCUT2D eigenvalue weighted by atomic mass is 9.78. The molecule has 10 heteroatoms. The predicted molar refractivity (Wildman–Crippen MR) is 206 cm³/mol. The maximum Gasteiger partial charge on any atom is 0.360 e. The van der Waals surface area contributed by atoms with Gasteiger partial charge in [0.15, 0.2) is 6.35 Å². The number of hydrogen-bond donors (Lipinski definition) is 2. The minimum absolute atomic E-state index is 0.171. The zero-order valence-corrected chi connectivity index (χ0v) is 30.2. The first-order valence-corrected chi connectivity index (χ1v) is 20.2. The van der Waals surface area contributed by atoms with Crippen molar-refractivity contribution in [3.8, 4) is 45.3 Å². The van der Waals surface area contributed by atoms with Crippen molar-refractivity contribution >= 4 is 36.4 Å². The molecule has 2 heterocycles. The molecule has 2 atom stereocenters. The van der Waals surface area contributed by atoms with E-state index in [0.29, 0.717) is 33.6 Å². The second-order valence-corrected chi connectivity index (χ2v) is 18.0. The highest BCUT2D eigenvalue weighted by Gasteiger charge is 2.42. The Kier molecular flexibility index (Phi) is 8.25. The first kappa shape index (κ1) is 33.5. The van der Waals surface area contributed by atoms with Crippen LogP contribution in [0.15, 0.2) is 146 Å². The van der Waals surface area contributed by atoms with E-state index in [4.69, 9.17) is 29.6 Å². The summed E-state index contributed by atoms with van der Waals surface area (Å²) in [6.07, 6.45) is -0.171. The van der Waals surface area contributed by atoms with Crippen molar-refractivity contribution < 1.29 is 27.9 Å². The molecule has 0 saturated heterocycles. The summed E-state index contributed by atoms with van der Waals surface area (Å²) in [4.78, 5) is 0. The van der Waals surface area contributed by atoms with Gasteiger partial charge in [0.2, 0.25) is 7.14 Å². The van der Waals surface area contributed by atoms with Gasteiger partial charge in [-0.05, 0) is 64.7 Å². The smallest absolute Gasteiger partial charge is 0.360 e. The molecule has 8 nitrogen and oxygen atoms in total. The number of nitrogens with one attached hydrogen (secondary N) is 2. The molecule has 0 bridgehead atoms. The maximum atomic E-state index is 14.4. The van der Waals surface area contributed by atoms with Gasteiger partial charge in [0, 0.05) is 21.8 Å². The van der Waals surface area contributed by atoms with Crippen LogP contribution >= 0.6 is 14.5 Å². The van der Waals surface area contributed by atoms with Gasteiger partial charge < -0.3 is 23.3 Å². The van der Waals surface area contributed by atoms with Crippen LogP contribution in [0.1, 0.15) is 25.0 Å². The second-order valence-electron chi connectivity index (χ2n) is 13.2. The van der Waals surface area contributed by atoms with E-state index >= 15 is 0 Å². The van der Waals surface area contributed by atoms with Crippen LogP contribution in [-0.4, -0.2) is 17.6 Å². The van der Waals surface area contributed by atoms with Crippen LogP contribution < -0.4 is 29.3 Å². The normalized spacial score (nSPS) is 18.5. The number of ether oxygens (including phenoxy) is 3. The maximum absolute atomic E-state index is 14.4. The summed E-state index contributed by atoms with van der Waals surface area (Å²) >= 11 is 0. The number of hydrogen-bond acceptors (Lipinski definition) is 8. The van der Waals surface area contributed by atoms with Crippen molar-refractivity contribution in [2.24, 2.45) is 0 Å². The van der Waals surface area contributed by atoms with Gasteiger partial charge in [0.25, 0.3) is 11.3 Å². The first-order valence-electron chi connectivity index (χ1n) is 16.7. The molecule has 0 aliphatic carbocycles. The molecule has 0 radical (unpaired) electrons. The zero-order valence-electron chi connectivity index (χ0n) is 28.4. The molecule has 0 aromatic heterocycles. The molecular weight excluding hydrogens is 690 g/mol. The zero-order chi connectivity index (χ0) is 36.1. The topological polar surface area (TPSA) is 119 Å². The molecule has 0 spiro atoms. The largest absolute Gasteiger partial charge is 0.484 e. The first-order chi connectivity index (χ1) is 25.1. The van der Waals surface area contributed by atoms with Crippen LogP contribution in [0.25, 0.3) is 22.3 Å². The summed E-state index contributed by atoms with van der Waals surface area (Å²) in [5.41, 5.74) is 3.90. The molecule has 2 aliphatic heterocycles. The van der Waals surface area contributed by atoms with E-state index in [1.807, 2.05) is 97.1 Å². The third-order valence-electron chi connectivity index (χ3n) is 9.67. The molecule has 258 valence electrons. The van der Waals surface area contributed by atoms with E-state index < -0.39 is 25.6 Å². The molecule has 0 fully saturated rings. The Bertz CT molecular complexity index is 2480. The van der Waals surface area contributed by atoms with Crippen molar-refractivity contribution in [3.63, 3.8) is 0 Å². The van der Waals surface area contributed by atoms with Gasteiger partial charge in [-0.15, -0.1) is 0 Å². The summed E-state index contributed by atoms with van der Waals surface area (Å²) in [7, 11) is -7.39. The third-order valence-corrected chi connectivity index (χ3v) is 14.2. The van der Waals surface area contributed by atoms with Gasteiger partial charge in [0.05, 0.1) is 5.30 Å². The Labute approximate surface area is 301 Å². The van der Waals surface area contributed by atoms with E-state index in [0.717, 1.165) is 33.4 Å². The number of rotatable bonds is 6. The van der Waals surface area contributed by atoms with Gasteiger partial charge >= 0.3 is 7.37 Å². The minimum Gasteiger partial charge on any atom is -0.484 e. The lowest BCUT2D eigenvalue weighted by Gasteiger charge is -2.28. The van der Waals surface area contributed by atoms with Crippen LogP contribution in [0, 0.1) is 10.8 Å². The number of fused-ring (bicyclic) bond motifs is 6. The molecule has 52 heavy (non-hydrogen) atoms. The molecule has 2 unspecified atom stereocenters. The van der Waals surface area contributed by atoms with Crippen molar-refractivity contribution in [1.29, 1.82) is 10.8 Å². The van der Waals surface area contributed by atoms with Gasteiger partial charge in [-0.25, -0.2) is 0 Å². The number of benzene rings is 6. The Morgan fingerprint density at radius 3 is 1.60 bits per heavy atom. The van der Waals surface area contributed by atoms with Crippen molar-refractivity contribution in [2.45, 2.75) is 19.3 Å². The van der Waals surface area contributed by atoms with Crippen molar-refractivity contribution in [2.75, 3.05) is 6.35 Å². The van der Waals surface area contributed by atoms with E-state index in [1.54, 1.807) is 48.5 Å². The van der Waals surface area contributed by atoms with Gasteiger partial charge in [0.1, 0.15) is 23.0 Å². The lowest BCUT2D eigenvalue weighted by Crippen LogP contribution is -2.25. The highest BCUT2D eigenvalue weighted by Crippen LogP contribution is 2.56. The van der Waals surface area contributed by atoms with Gasteiger partial charge in [-0.3, -0.25) is 15.4 Å². The fourth-order valence-corrected chi connectivity index (χ4v) is 10.5. The fourth-order valence-electron chi connectivity index (χ4n) is 6.70. The fraction of sp³-hybridized carbons (Fsp3) is 0.0952. The van der Waals surface area contributed by atoms with E-state index in [1.165, 1.54) is 0 Å². The summed E-state index contributed by atoms with van der Waals surface area (Å²) in [6.45, 7) is 4.17. The van der Waals surface area contributed by atoms with E-state index in [2.05, 4.69) is 13.8 Å². The quantitative estimate of drug-likeness (QED) is 0.100. The van der Waals surface area contributed by atoms with Crippen LogP contribution in [-0.2, 0) is 14.5 Å². The van der Waals surface area contributed by atoms with Gasteiger partial charge in [-0.2, -0.15) is 0 Å². The van der Waals surface area contributed by atoms with Crippen LogP contribution in [0.2, 0.25) is 0 Å². The Balaban J connectivity index is 0.975. The van der Waals surface area contributed by atoms with Gasteiger partial charge in [-0.1, -0.05) is 117 Å². The van der Waals surface area contributed by atoms with E-state index in [9.17, 15) is 9.13 Å². The molecule has 6 aromatic rings. The highest BCUT2D eigenvalue weighted by molar-refractivity contribution is 7.86. The lowest BCUT2D eigenvalue weighted by molar-refractivity contribution is 0.381. The Hall–Kier alpha value is -5.68. The highest BCUT2D eigenvalue weighted by atomic mass is 31.2. The molecule has 8 rings (SSSR count). The Morgan fingerprint density at radius 2 is 1.00 bits per heavy atom. The average molecular weight is 725 g/mol. The molecular formula is C42H34N2O6P2. The monoisotopic (exact) mass is 724 g/mol. The molecule has 0 amide bonds. The van der Waals surface area contributed by atoms with Crippen molar-refractivity contribution in [3.05, 3.63) is 157 Å². The summed E-state index contributed by atoms with van der Waals surface area (Å²) in [5.74, 6) is 1.83. The molecule has 2 aliphatic rings. The second kappa shape index (κ2) is 12.8. The SMILES string of the molecule is CC(C)(c1ccc(OC(=N)P2(=O)COc3ccccc3-c3ccccc32)cc1)c1ccc(OC(=N)P2(=O)Oc3ccccc3-c3ccccc32)cc1. The number of para-hydroxylation sites is 2. The van der Waals surface area contributed by atoms with Crippen molar-refractivity contribution in [1.82, 2.24) is 0 Å². The molecule has 0 saturated carbocycles. The minimum atomic E-state index is -3.84. The summed E-state index contributed by atoms with van der Waals surface area (Å²) in [6, 6.07) is 44.3. The predicted octanol–water partition coefficient (Wildman–Crippen LogP) is 10.0. The van der Waals surface area contributed by atoms with E-state index in [-0.39, 0.29) is 12.0 Å². The van der Waals surface area contributed by atoms with Crippen LogP contribution in [0.5, 0.6) is 23.0 Å². The standard InChI is InChI=1S/C42H34N2O6P2/c1-42(2,29-21-25-31(26-22-29)49-41(44)52(46)39-18-10-6-14-35(39)33-12-4-8-16-37(33)50-52)28-19-23-30(24-20-28)48-40(43)51(45)27-47-36-15-7-3-11-32(36)34-13-5-9-17-38(34)51/h3-26,43-44H,27H2,1-2H3. The average Bonchev–Trinajstić information content (AvgIpc) is 3.30. The third kappa shape index (κ3) is 5.65. The van der Waals surface area contributed by atoms with Crippen LogP contribution in [0.3, 0.4) is 0 Å². The summed E-state index contributed by atoms with van der Waals surface area (Å²) < 4.78 is 52.5. The molecule has 2 N–H and O–H groups in total.